The van der Waals surface area contributed by atoms with Crippen molar-refractivity contribution in [1.29, 1.82) is 0 Å². The number of carbonyl (C=O) groups excluding carboxylic acids is 1. The lowest BCUT2D eigenvalue weighted by molar-refractivity contribution is -0.136. The van der Waals surface area contributed by atoms with Crippen molar-refractivity contribution < 1.29 is 4.79 Å². The highest BCUT2D eigenvalue weighted by Crippen LogP contribution is 2.32. The lowest BCUT2D eigenvalue weighted by Gasteiger charge is -2.41. The molecule has 1 amide bonds. The van der Waals surface area contributed by atoms with E-state index in [2.05, 4.69) is 10.00 Å². The number of amides is 1. The van der Waals surface area contributed by atoms with Crippen LogP contribution in [0, 0.1) is 0 Å². The molecule has 32 heavy (non-hydrogen) atoms. The van der Waals surface area contributed by atoms with Crippen LogP contribution in [0.2, 0.25) is 0 Å². The lowest BCUT2D eigenvalue weighted by atomic mass is 9.94. The number of carbonyl (C=O) groups is 1. The molecule has 0 spiro atoms. The normalized spacial score (nSPS) is 19.6. The van der Waals surface area contributed by atoms with Gasteiger partial charge in [-0.2, -0.15) is 5.10 Å². The largest absolute Gasteiger partial charge is 0.338 e. The third-order valence-electron chi connectivity index (χ3n) is 7.51. The van der Waals surface area contributed by atoms with E-state index < -0.39 is 6.04 Å². The molecule has 2 aromatic heterocycles. The van der Waals surface area contributed by atoms with E-state index in [0.717, 1.165) is 42.5 Å². The molecule has 7 nitrogen and oxygen atoms in total. The highest BCUT2D eigenvalue weighted by atomic mass is 16.2. The quantitative estimate of drug-likeness (QED) is 0.631. The van der Waals surface area contributed by atoms with Crippen LogP contribution >= 0.6 is 0 Å². The van der Waals surface area contributed by atoms with Crippen LogP contribution in [0.4, 0.5) is 0 Å². The van der Waals surface area contributed by atoms with Gasteiger partial charge in [-0.1, -0.05) is 44.4 Å². The summed E-state index contributed by atoms with van der Waals surface area (Å²) in [6, 6.07) is 8.25. The maximum atomic E-state index is 13.8. The SMILES string of the molecule is CC[C@@H](C(=O)N1CCN(C2CCCCC2)CC1)n1c2ccccc2c2cnn(C)c(=O)c21. The Hall–Kier alpha value is -2.67. The molecule has 7 heteroatoms. The Morgan fingerprint density at radius 3 is 2.50 bits per heavy atom. The maximum Gasteiger partial charge on any atom is 0.291 e. The zero-order valence-electron chi connectivity index (χ0n) is 19.2. The Morgan fingerprint density at radius 2 is 1.78 bits per heavy atom. The van der Waals surface area contributed by atoms with Gasteiger partial charge in [0.05, 0.1) is 11.7 Å². The molecule has 5 rings (SSSR count). The van der Waals surface area contributed by atoms with Crippen LogP contribution in [-0.2, 0) is 11.8 Å². The summed E-state index contributed by atoms with van der Waals surface area (Å²) in [5.41, 5.74) is 1.34. The second kappa shape index (κ2) is 8.70. The minimum Gasteiger partial charge on any atom is -0.338 e. The van der Waals surface area contributed by atoms with Crippen molar-refractivity contribution in [2.45, 2.75) is 57.5 Å². The van der Waals surface area contributed by atoms with Crippen LogP contribution in [0.5, 0.6) is 0 Å². The van der Waals surface area contributed by atoms with Crippen LogP contribution in [0.15, 0.2) is 35.3 Å². The van der Waals surface area contributed by atoms with E-state index >= 15 is 0 Å². The van der Waals surface area contributed by atoms with E-state index in [1.165, 1.54) is 36.8 Å². The molecule has 2 fully saturated rings. The van der Waals surface area contributed by atoms with Crippen molar-refractivity contribution in [3.8, 4) is 0 Å². The second-order valence-corrected chi connectivity index (χ2v) is 9.30. The molecular formula is C25H33N5O2. The van der Waals surface area contributed by atoms with Crippen molar-refractivity contribution in [3.05, 3.63) is 40.8 Å². The Kier molecular flexibility index (Phi) is 5.76. The van der Waals surface area contributed by atoms with Gasteiger partial charge in [-0.3, -0.25) is 14.5 Å². The maximum absolute atomic E-state index is 13.8. The van der Waals surface area contributed by atoms with Crippen LogP contribution < -0.4 is 5.56 Å². The number of fused-ring (bicyclic) bond motifs is 3. The predicted molar refractivity (Wildman–Crippen MR) is 127 cm³/mol. The molecular weight excluding hydrogens is 402 g/mol. The average Bonchev–Trinajstić information content (AvgIpc) is 3.17. The van der Waals surface area contributed by atoms with Gasteiger partial charge in [0.2, 0.25) is 5.91 Å². The molecule has 1 aromatic carbocycles. The van der Waals surface area contributed by atoms with Gasteiger partial charge in [-0.05, 0) is 25.3 Å². The summed E-state index contributed by atoms with van der Waals surface area (Å²) in [5.74, 6) is 0.123. The summed E-state index contributed by atoms with van der Waals surface area (Å²) >= 11 is 0. The number of benzene rings is 1. The molecule has 1 saturated heterocycles. The number of aryl methyl sites for hydroxylation is 1. The topological polar surface area (TPSA) is 63.4 Å². The lowest BCUT2D eigenvalue weighted by Crippen LogP contribution is -2.53. The summed E-state index contributed by atoms with van der Waals surface area (Å²) in [4.78, 5) is 31.5. The molecule has 1 aliphatic heterocycles. The third-order valence-corrected chi connectivity index (χ3v) is 7.51. The summed E-state index contributed by atoms with van der Waals surface area (Å²) < 4.78 is 3.34. The van der Waals surface area contributed by atoms with Crippen molar-refractivity contribution in [2.24, 2.45) is 7.05 Å². The zero-order valence-corrected chi connectivity index (χ0v) is 19.2. The van der Waals surface area contributed by atoms with Gasteiger partial charge in [0.1, 0.15) is 11.6 Å². The minimum absolute atomic E-state index is 0.123. The van der Waals surface area contributed by atoms with Crippen LogP contribution in [0.25, 0.3) is 21.8 Å². The molecule has 2 aliphatic rings. The van der Waals surface area contributed by atoms with Crippen LogP contribution in [0.3, 0.4) is 0 Å². The number of hydrogen-bond acceptors (Lipinski definition) is 4. The summed E-state index contributed by atoms with van der Waals surface area (Å²) in [7, 11) is 1.66. The predicted octanol–water partition coefficient (Wildman–Crippen LogP) is 3.32. The summed E-state index contributed by atoms with van der Waals surface area (Å²) in [5, 5.41) is 6.02. The summed E-state index contributed by atoms with van der Waals surface area (Å²) in [6.45, 7) is 5.47. The zero-order chi connectivity index (χ0) is 22.2. The number of para-hydroxylation sites is 1. The Labute approximate surface area is 188 Å². The number of hydrogen-bond donors (Lipinski definition) is 0. The fourth-order valence-electron chi connectivity index (χ4n) is 5.74. The van der Waals surface area contributed by atoms with E-state index in [1.54, 1.807) is 13.2 Å². The first-order chi connectivity index (χ1) is 15.6. The molecule has 170 valence electrons. The average molecular weight is 436 g/mol. The van der Waals surface area contributed by atoms with Crippen molar-refractivity contribution in [3.63, 3.8) is 0 Å². The van der Waals surface area contributed by atoms with Gasteiger partial charge in [-0.25, -0.2) is 4.68 Å². The highest BCUT2D eigenvalue weighted by molar-refractivity contribution is 6.08. The molecule has 3 heterocycles. The van der Waals surface area contributed by atoms with E-state index in [0.29, 0.717) is 18.0 Å². The minimum atomic E-state index is -0.395. The van der Waals surface area contributed by atoms with Crippen LogP contribution in [0.1, 0.15) is 51.5 Å². The molecule has 3 aromatic rings. The van der Waals surface area contributed by atoms with Gasteiger partial charge in [-0.15, -0.1) is 0 Å². The van der Waals surface area contributed by atoms with Gasteiger partial charge >= 0.3 is 0 Å². The Balaban J connectivity index is 1.47. The van der Waals surface area contributed by atoms with E-state index in [1.807, 2.05) is 40.7 Å². The van der Waals surface area contributed by atoms with E-state index in [9.17, 15) is 9.59 Å². The highest BCUT2D eigenvalue weighted by Gasteiger charge is 2.32. The molecule has 0 bridgehead atoms. The first-order valence-electron chi connectivity index (χ1n) is 12.1. The standard InChI is InChI=1S/C25H33N5O2/c1-3-21(24(31)29-15-13-28(14-16-29)18-9-5-4-6-10-18)30-22-12-8-7-11-19(22)20-17-26-27(2)25(32)23(20)30/h7-8,11-12,17-18,21H,3-6,9-10,13-16H2,1-2H3/t21-/m0/s1. The van der Waals surface area contributed by atoms with E-state index in [4.69, 9.17) is 0 Å². The fourth-order valence-corrected chi connectivity index (χ4v) is 5.74. The van der Waals surface area contributed by atoms with Gasteiger partial charge in [0.25, 0.3) is 5.56 Å². The van der Waals surface area contributed by atoms with Gasteiger partial charge in [0.15, 0.2) is 0 Å². The molecule has 0 N–H and O–H groups in total. The first-order valence-corrected chi connectivity index (χ1v) is 12.1. The van der Waals surface area contributed by atoms with Gasteiger partial charge < -0.3 is 9.47 Å². The first kappa shape index (κ1) is 21.2. The molecule has 1 atom stereocenters. The Morgan fingerprint density at radius 1 is 1.06 bits per heavy atom. The van der Waals surface area contributed by atoms with Crippen molar-refractivity contribution >= 4 is 27.7 Å². The smallest absolute Gasteiger partial charge is 0.291 e. The molecule has 1 aliphatic carbocycles. The van der Waals surface area contributed by atoms with Crippen LogP contribution in [-0.4, -0.2) is 62.3 Å². The number of aromatic nitrogens is 3. The third kappa shape index (κ3) is 3.52. The van der Waals surface area contributed by atoms with Gasteiger partial charge in [0, 0.05) is 50.0 Å². The summed E-state index contributed by atoms with van der Waals surface area (Å²) in [6.07, 6.45) is 9.00. The second-order valence-electron chi connectivity index (χ2n) is 9.30. The fraction of sp³-hybridized carbons (Fsp3) is 0.560. The van der Waals surface area contributed by atoms with Crippen molar-refractivity contribution in [2.75, 3.05) is 26.2 Å². The molecule has 0 unspecified atom stereocenters. The van der Waals surface area contributed by atoms with Crippen molar-refractivity contribution in [1.82, 2.24) is 24.1 Å². The number of nitrogens with zero attached hydrogens (tertiary/aromatic N) is 5. The number of rotatable bonds is 4. The monoisotopic (exact) mass is 435 g/mol. The molecule has 1 saturated carbocycles. The Bertz CT molecular complexity index is 1180. The number of piperazine rings is 1. The van der Waals surface area contributed by atoms with E-state index in [-0.39, 0.29) is 11.5 Å². The molecule has 0 radical (unpaired) electrons.